The van der Waals surface area contributed by atoms with Gasteiger partial charge in [-0.2, -0.15) is 5.26 Å². The maximum Gasteiger partial charge on any atom is 0.137 e. The molecule has 0 aliphatic carbocycles. The first-order valence-electron chi connectivity index (χ1n) is 7.02. The van der Waals surface area contributed by atoms with E-state index >= 15 is 0 Å². The third kappa shape index (κ3) is 3.76. The number of ether oxygens (including phenoxy) is 1. The average Bonchev–Trinajstić information content (AvgIpc) is 2.47. The molecule has 0 unspecified atom stereocenters. The van der Waals surface area contributed by atoms with Crippen LogP contribution in [0.5, 0.6) is 5.75 Å². The van der Waals surface area contributed by atoms with E-state index < -0.39 is 0 Å². The fourth-order valence-electron chi connectivity index (χ4n) is 2.33. The molecule has 21 heavy (non-hydrogen) atoms. The van der Waals surface area contributed by atoms with Gasteiger partial charge in [0.1, 0.15) is 18.4 Å². The summed E-state index contributed by atoms with van der Waals surface area (Å²) < 4.78 is 5.72. The van der Waals surface area contributed by atoms with Crippen molar-refractivity contribution in [2.45, 2.75) is 13.8 Å². The van der Waals surface area contributed by atoms with Crippen LogP contribution in [0, 0.1) is 25.2 Å². The second-order valence-electron chi connectivity index (χ2n) is 5.17. The topological polar surface area (TPSA) is 36.3 Å². The van der Waals surface area contributed by atoms with E-state index in [-0.39, 0.29) is 0 Å². The Morgan fingerprint density at radius 1 is 1.14 bits per heavy atom. The van der Waals surface area contributed by atoms with Gasteiger partial charge in [-0.25, -0.2) is 0 Å². The van der Waals surface area contributed by atoms with Crippen LogP contribution in [0.2, 0.25) is 0 Å². The summed E-state index contributed by atoms with van der Waals surface area (Å²) in [6.45, 7) is 5.52. The lowest BCUT2D eigenvalue weighted by Gasteiger charge is -2.22. The maximum atomic E-state index is 9.03. The van der Waals surface area contributed by atoms with Crippen molar-refractivity contribution < 1.29 is 4.74 Å². The fourth-order valence-corrected chi connectivity index (χ4v) is 2.33. The largest absolute Gasteiger partial charge is 0.490 e. The molecule has 0 N–H and O–H groups in total. The zero-order valence-corrected chi connectivity index (χ0v) is 12.8. The zero-order chi connectivity index (χ0) is 15.2. The zero-order valence-electron chi connectivity index (χ0n) is 12.8. The Morgan fingerprint density at radius 3 is 2.62 bits per heavy atom. The molecule has 2 aromatic carbocycles. The first-order valence-corrected chi connectivity index (χ1v) is 7.02. The minimum Gasteiger partial charge on any atom is -0.490 e. The Kier molecular flexibility index (Phi) is 4.84. The number of nitrogens with zero attached hydrogens (tertiary/aromatic N) is 2. The highest BCUT2D eigenvalue weighted by atomic mass is 16.5. The molecule has 2 aromatic rings. The van der Waals surface area contributed by atoms with Gasteiger partial charge in [0.15, 0.2) is 0 Å². The SMILES string of the molecule is Cc1ccc(N(C)CCOc2ccccc2C#N)c(C)c1. The number of anilines is 1. The highest BCUT2D eigenvalue weighted by molar-refractivity contribution is 5.53. The molecule has 0 fully saturated rings. The highest BCUT2D eigenvalue weighted by Crippen LogP contribution is 2.20. The monoisotopic (exact) mass is 280 g/mol. The average molecular weight is 280 g/mol. The van der Waals surface area contributed by atoms with E-state index in [4.69, 9.17) is 10.00 Å². The number of hydrogen-bond acceptors (Lipinski definition) is 3. The Balaban J connectivity index is 1.95. The standard InChI is InChI=1S/C18H20N2O/c1-14-8-9-17(15(2)12-14)20(3)10-11-21-18-7-5-4-6-16(18)13-19/h4-9,12H,10-11H2,1-3H3. The van der Waals surface area contributed by atoms with Crippen molar-refractivity contribution in [1.82, 2.24) is 0 Å². The van der Waals surface area contributed by atoms with Crippen molar-refractivity contribution in [2.24, 2.45) is 0 Å². The Bertz CT molecular complexity index is 659. The molecule has 0 aromatic heterocycles. The minimum absolute atomic E-state index is 0.544. The highest BCUT2D eigenvalue weighted by Gasteiger charge is 2.06. The number of benzene rings is 2. The number of rotatable bonds is 5. The van der Waals surface area contributed by atoms with E-state index in [0.717, 1.165) is 6.54 Å². The lowest BCUT2D eigenvalue weighted by Crippen LogP contribution is -2.24. The second-order valence-corrected chi connectivity index (χ2v) is 5.17. The van der Waals surface area contributed by atoms with Crippen LogP contribution >= 0.6 is 0 Å². The Labute approximate surface area is 126 Å². The molecule has 0 spiro atoms. The van der Waals surface area contributed by atoms with E-state index in [1.807, 2.05) is 18.2 Å². The molecule has 108 valence electrons. The number of nitriles is 1. The van der Waals surface area contributed by atoms with E-state index in [9.17, 15) is 0 Å². The quantitative estimate of drug-likeness (QED) is 0.838. The molecule has 0 aliphatic rings. The third-order valence-corrected chi connectivity index (χ3v) is 3.46. The molecule has 0 saturated heterocycles. The Hall–Kier alpha value is -2.47. The summed E-state index contributed by atoms with van der Waals surface area (Å²) in [4.78, 5) is 2.17. The van der Waals surface area contributed by atoms with Gasteiger partial charge in [0, 0.05) is 12.7 Å². The molecule has 2 rings (SSSR count). The van der Waals surface area contributed by atoms with Gasteiger partial charge in [-0.15, -0.1) is 0 Å². The first-order chi connectivity index (χ1) is 10.1. The molecule has 0 saturated carbocycles. The van der Waals surface area contributed by atoms with Crippen molar-refractivity contribution in [1.29, 1.82) is 5.26 Å². The predicted molar refractivity (Wildman–Crippen MR) is 85.8 cm³/mol. The smallest absolute Gasteiger partial charge is 0.137 e. The normalized spacial score (nSPS) is 10.0. The molecular weight excluding hydrogens is 260 g/mol. The van der Waals surface area contributed by atoms with Crippen LogP contribution in [0.3, 0.4) is 0 Å². The van der Waals surface area contributed by atoms with Crippen molar-refractivity contribution in [3.63, 3.8) is 0 Å². The number of aryl methyl sites for hydroxylation is 2. The maximum absolute atomic E-state index is 9.03. The molecule has 3 nitrogen and oxygen atoms in total. The van der Waals surface area contributed by atoms with Gasteiger partial charge in [-0.05, 0) is 37.6 Å². The van der Waals surface area contributed by atoms with Gasteiger partial charge < -0.3 is 9.64 Å². The van der Waals surface area contributed by atoms with Crippen LogP contribution in [0.4, 0.5) is 5.69 Å². The van der Waals surface area contributed by atoms with Crippen LogP contribution in [0.15, 0.2) is 42.5 Å². The van der Waals surface area contributed by atoms with Gasteiger partial charge in [-0.1, -0.05) is 29.8 Å². The van der Waals surface area contributed by atoms with Gasteiger partial charge in [0.05, 0.1) is 12.1 Å². The molecule has 0 heterocycles. The molecule has 3 heteroatoms. The molecular formula is C18H20N2O. The van der Waals surface area contributed by atoms with Gasteiger partial charge in [0.25, 0.3) is 0 Å². The predicted octanol–water partition coefficient (Wildman–Crippen LogP) is 3.69. The lowest BCUT2D eigenvalue weighted by atomic mass is 10.1. The minimum atomic E-state index is 0.544. The van der Waals surface area contributed by atoms with E-state index in [2.05, 4.69) is 50.1 Å². The molecule has 0 bridgehead atoms. The summed E-state index contributed by atoms with van der Waals surface area (Å²) in [5.74, 6) is 0.647. The summed E-state index contributed by atoms with van der Waals surface area (Å²) in [6, 6.07) is 15.9. The van der Waals surface area contributed by atoms with Crippen LogP contribution in [0.25, 0.3) is 0 Å². The van der Waals surface area contributed by atoms with Gasteiger partial charge in [-0.3, -0.25) is 0 Å². The van der Waals surface area contributed by atoms with Crippen LogP contribution in [-0.2, 0) is 0 Å². The van der Waals surface area contributed by atoms with E-state index in [1.54, 1.807) is 6.07 Å². The summed E-state index contributed by atoms with van der Waals surface area (Å²) in [5, 5.41) is 9.03. The number of hydrogen-bond donors (Lipinski definition) is 0. The first kappa shape index (κ1) is 14.9. The summed E-state index contributed by atoms with van der Waals surface area (Å²) in [7, 11) is 2.05. The van der Waals surface area contributed by atoms with Gasteiger partial charge >= 0.3 is 0 Å². The van der Waals surface area contributed by atoms with Crippen molar-refractivity contribution in [3.8, 4) is 11.8 Å². The van der Waals surface area contributed by atoms with Crippen LogP contribution in [0.1, 0.15) is 16.7 Å². The van der Waals surface area contributed by atoms with Crippen molar-refractivity contribution in [2.75, 3.05) is 25.1 Å². The van der Waals surface area contributed by atoms with Crippen LogP contribution in [-0.4, -0.2) is 20.2 Å². The van der Waals surface area contributed by atoms with Gasteiger partial charge in [0.2, 0.25) is 0 Å². The summed E-state index contributed by atoms with van der Waals surface area (Å²) in [5.41, 5.74) is 4.31. The molecule has 0 atom stereocenters. The van der Waals surface area contributed by atoms with Crippen molar-refractivity contribution in [3.05, 3.63) is 59.2 Å². The summed E-state index contributed by atoms with van der Waals surface area (Å²) in [6.07, 6.45) is 0. The number of likely N-dealkylation sites (N-methyl/N-ethyl adjacent to an activating group) is 1. The lowest BCUT2D eigenvalue weighted by molar-refractivity contribution is 0.325. The van der Waals surface area contributed by atoms with E-state index in [0.29, 0.717) is 17.9 Å². The van der Waals surface area contributed by atoms with Crippen LogP contribution < -0.4 is 9.64 Å². The molecule has 0 amide bonds. The van der Waals surface area contributed by atoms with E-state index in [1.165, 1.54) is 16.8 Å². The molecule has 0 aliphatic heterocycles. The Morgan fingerprint density at radius 2 is 1.90 bits per heavy atom. The van der Waals surface area contributed by atoms with Crippen molar-refractivity contribution >= 4 is 5.69 Å². The summed E-state index contributed by atoms with van der Waals surface area (Å²) >= 11 is 0. The molecule has 0 radical (unpaired) electrons. The number of para-hydroxylation sites is 1. The third-order valence-electron chi connectivity index (χ3n) is 3.46. The second kappa shape index (κ2) is 6.81. The fraction of sp³-hybridized carbons (Fsp3) is 0.278.